The maximum atomic E-state index is 10.7. The first-order chi connectivity index (χ1) is 5.25. The number of hydrogen-bond donors (Lipinski definition) is 0. The molecule has 1 aromatic heterocycles. The van der Waals surface area contributed by atoms with Crippen LogP contribution < -0.4 is 0 Å². The molecule has 5 heteroatoms. The fourth-order valence-corrected chi connectivity index (χ4v) is 0.584. The van der Waals surface area contributed by atoms with E-state index in [4.69, 9.17) is 0 Å². The Morgan fingerprint density at radius 2 is 2.36 bits per heavy atom. The van der Waals surface area contributed by atoms with Crippen molar-refractivity contribution in [1.82, 2.24) is 10.2 Å². The zero-order chi connectivity index (χ0) is 8.27. The van der Waals surface area contributed by atoms with Gasteiger partial charge in [0, 0.05) is 0 Å². The predicted molar refractivity (Wildman–Crippen MR) is 33.5 cm³/mol. The van der Waals surface area contributed by atoms with Crippen LogP contribution >= 0.6 is 0 Å². The van der Waals surface area contributed by atoms with Crippen molar-refractivity contribution >= 4 is 5.97 Å². The summed E-state index contributed by atoms with van der Waals surface area (Å²) in [5, 5.41) is 17.2. The van der Waals surface area contributed by atoms with Gasteiger partial charge in [0.15, 0.2) is 0 Å². The van der Waals surface area contributed by atoms with Gasteiger partial charge in [-0.3, -0.25) is 5.11 Å². The summed E-state index contributed by atoms with van der Waals surface area (Å²) in [4.78, 5) is 10.7. The maximum absolute atomic E-state index is 10.7. The largest absolute Gasteiger partial charge is 0.465 e. The summed E-state index contributed by atoms with van der Waals surface area (Å²) >= 11 is 0. The average molecular weight is 153 g/mol. The van der Waals surface area contributed by atoms with E-state index < -0.39 is 11.8 Å². The van der Waals surface area contributed by atoms with Crippen molar-refractivity contribution < 1.29 is 14.6 Å². The highest BCUT2D eigenvalue weighted by molar-refractivity contribution is 5.91. The molecule has 0 fully saturated rings. The lowest BCUT2D eigenvalue weighted by atomic mass is 10.3. The minimum Gasteiger partial charge on any atom is -0.465 e. The van der Waals surface area contributed by atoms with Gasteiger partial charge in [0.05, 0.1) is 13.3 Å². The number of carbonyl (C=O) groups is 1. The molecule has 0 unspecified atom stereocenters. The molecule has 11 heavy (non-hydrogen) atoms. The van der Waals surface area contributed by atoms with Crippen LogP contribution in [0.3, 0.4) is 0 Å². The lowest BCUT2D eigenvalue weighted by molar-refractivity contribution is 0.0594. The van der Waals surface area contributed by atoms with Gasteiger partial charge in [0.1, 0.15) is 5.56 Å². The fourth-order valence-electron chi connectivity index (χ4n) is 0.584. The van der Waals surface area contributed by atoms with Gasteiger partial charge in [-0.1, -0.05) is 0 Å². The number of methoxy groups -OCH3 is 1. The van der Waals surface area contributed by atoms with Crippen LogP contribution in [-0.2, 0) is 9.84 Å². The summed E-state index contributed by atoms with van der Waals surface area (Å²) in [6, 6.07) is 1.27. The molecule has 5 nitrogen and oxygen atoms in total. The molecule has 1 radical (unpaired) electrons. The van der Waals surface area contributed by atoms with E-state index in [1.807, 2.05) is 0 Å². The molecule has 0 bridgehead atoms. The maximum Gasteiger partial charge on any atom is 0.343 e. The second-order valence-corrected chi connectivity index (χ2v) is 1.74. The van der Waals surface area contributed by atoms with Gasteiger partial charge in [-0.25, -0.2) is 4.79 Å². The van der Waals surface area contributed by atoms with E-state index in [1.54, 1.807) is 0 Å². The van der Waals surface area contributed by atoms with Crippen LogP contribution in [0.5, 0.6) is 5.88 Å². The van der Waals surface area contributed by atoms with E-state index in [2.05, 4.69) is 14.9 Å². The second kappa shape index (κ2) is 2.96. The first-order valence-electron chi connectivity index (χ1n) is 2.82. The zero-order valence-corrected chi connectivity index (χ0v) is 5.77. The predicted octanol–water partition coefficient (Wildman–Crippen LogP) is 0.407. The van der Waals surface area contributed by atoms with Crippen molar-refractivity contribution in [2.75, 3.05) is 7.11 Å². The van der Waals surface area contributed by atoms with Gasteiger partial charge in [0.25, 0.3) is 0 Å². The highest BCUT2D eigenvalue weighted by atomic mass is 16.5. The number of esters is 1. The van der Waals surface area contributed by atoms with Crippen molar-refractivity contribution in [3.8, 4) is 5.88 Å². The number of ether oxygens (including phenoxy) is 1. The Labute approximate surface area is 62.6 Å². The minimum absolute atomic E-state index is 0.0949. The highest BCUT2D eigenvalue weighted by Gasteiger charge is 2.12. The van der Waals surface area contributed by atoms with Crippen LogP contribution in [0.4, 0.5) is 0 Å². The Morgan fingerprint density at radius 1 is 1.64 bits per heavy atom. The molecule has 0 saturated carbocycles. The lowest BCUT2D eigenvalue weighted by Crippen LogP contribution is -2.02. The van der Waals surface area contributed by atoms with E-state index in [1.165, 1.54) is 19.4 Å². The van der Waals surface area contributed by atoms with Crippen molar-refractivity contribution in [2.24, 2.45) is 0 Å². The Morgan fingerprint density at radius 3 is 2.91 bits per heavy atom. The fraction of sp³-hybridized carbons (Fsp3) is 0.167. The molecule has 0 spiro atoms. The van der Waals surface area contributed by atoms with Crippen molar-refractivity contribution in [3.05, 3.63) is 17.8 Å². The van der Waals surface area contributed by atoms with Crippen molar-refractivity contribution in [1.29, 1.82) is 0 Å². The van der Waals surface area contributed by atoms with Crippen LogP contribution in [-0.4, -0.2) is 23.3 Å². The number of rotatable bonds is 1. The standard InChI is InChI=1S/C6H5N2O3/c1-11-6(10)4-2-3-7-8-5(4)9/h2-3H,1H3. The summed E-state index contributed by atoms with van der Waals surface area (Å²) in [5.41, 5.74) is -0.0949. The van der Waals surface area contributed by atoms with Crippen LogP contribution in [0, 0.1) is 0 Å². The second-order valence-electron chi connectivity index (χ2n) is 1.74. The van der Waals surface area contributed by atoms with Gasteiger partial charge in [-0.15, -0.1) is 5.10 Å². The average Bonchev–Trinajstić information content (AvgIpc) is 2.04. The smallest absolute Gasteiger partial charge is 0.343 e. The van der Waals surface area contributed by atoms with Gasteiger partial charge < -0.3 is 4.74 Å². The Bertz CT molecular complexity index is 274. The lowest BCUT2D eigenvalue weighted by Gasteiger charge is -1.95. The third-order valence-electron chi connectivity index (χ3n) is 1.09. The summed E-state index contributed by atoms with van der Waals surface area (Å²) in [6.45, 7) is 0. The number of hydrogen-bond acceptors (Lipinski definition) is 4. The van der Waals surface area contributed by atoms with Crippen LogP contribution in [0.25, 0.3) is 0 Å². The van der Waals surface area contributed by atoms with E-state index in [0.29, 0.717) is 0 Å². The number of nitrogens with zero attached hydrogens (tertiary/aromatic N) is 2. The Balaban J connectivity index is 3.03. The normalized spacial score (nSPS) is 9.18. The molecule has 0 aliphatic carbocycles. The molecular formula is C6H5N2O3. The Kier molecular flexibility index (Phi) is 2.00. The molecule has 1 heterocycles. The number of aromatic nitrogens is 2. The van der Waals surface area contributed by atoms with Gasteiger partial charge >= 0.3 is 11.8 Å². The van der Waals surface area contributed by atoms with Gasteiger partial charge in [-0.05, 0) is 6.07 Å². The molecule has 0 amide bonds. The number of carbonyl (C=O) groups excluding carboxylic acids is 1. The van der Waals surface area contributed by atoms with E-state index in [9.17, 15) is 9.90 Å². The molecule has 1 aromatic rings. The van der Waals surface area contributed by atoms with Crippen molar-refractivity contribution in [3.63, 3.8) is 0 Å². The summed E-state index contributed by atoms with van der Waals surface area (Å²) in [6.07, 6.45) is 1.26. The molecule has 57 valence electrons. The SMILES string of the molecule is COC(=O)c1ccnnc1[O]. The topological polar surface area (TPSA) is 72.0 Å². The zero-order valence-electron chi connectivity index (χ0n) is 5.77. The van der Waals surface area contributed by atoms with Crippen molar-refractivity contribution in [2.45, 2.75) is 0 Å². The molecule has 0 aliphatic rings. The first kappa shape index (κ1) is 7.46. The van der Waals surface area contributed by atoms with E-state index >= 15 is 0 Å². The molecular weight excluding hydrogens is 148 g/mol. The van der Waals surface area contributed by atoms with Crippen LogP contribution in [0.2, 0.25) is 0 Å². The molecule has 0 atom stereocenters. The summed E-state index contributed by atoms with van der Waals surface area (Å²) in [7, 11) is 1.20. The molecule has 0 aromatic carbocycles. The first-order valence-corrected chi connectivity index (χ1v) is 2.82. The van der Waals surface area contributed by atoms with E-state index in [-0.39, 0.29) is 5.56 Å². The quantitative estimate of drug-likeness (QED) is 0.547. The van der Waals surface area contributed by atoms with E-state index in [0.717, 1.165) is 0 Å². The third-order valence-corrected chi connectivity index (χ3v) is 1.09. The van der Waals surface area contributed by atoms with Crippen LogP contribution in [0.1, 0.15) is 10.4 Å². The minimum atomic E-state index is -0.690. The molecule has 1 rings (SSSR count). The molecule has 0 N–H and O–H groups in total. The third kappa shape index (κ3) is 1.43. The van der Waals surface area contributed by atoms with Gasteiger partial charge in [-0.2, -0.15) is 5.10 Å². The molecule has 0 aliphatic heterocycles. The van der Waals surface area contributed by atoms with Crippen LogP contribution in [0.15, 0.2) is 12.3 Å². The summed E-state index contributed by atoms with van der Waals surface area (Å²) in [5.74, 6) is -1.36. The monoisotopic (exact) mass is 153 g/mol. The highest BCUT2D eigenvalue weighted by Crippen LogP contribution is 2.11. The summed E-state index contributed by atoms with van der Waals surface area (Å²) < 4.78 is 4.31. The Hall–Kier alpha value is -1.65. The molecule has 0 saturated heterocycles. The van der Waals surface area contributed by atoms with Gasteiger partial charge in [0.2, 0.25) is 0 Å².